The van der Waals surface area contributed by atoms with Crippen LogP contribution in [0.4, 0.5) is 5.82 Å². The summed E-state index contributed by atoms with van der Waals surface area (Å²) in [5.74, 6) is 1.12. The van der Waals surface area contributed by atoms with Gasteiger partial charge in [0.1, 0.15) is 11.6 Å². The number of aryl methyl sites for hydroxylation is 1. The van der Waals surface area contributed by atoms with Gasteiger partial charge in [-0.1, -0.05) is 6.07 Å². The molecular formula is C14H14N2O2. The van der Waals surface area contributed by atoms with Gasteiger partial charge in [-0.05, 0) is 42.8 Å². The number of ether oxygens (including phenoxy) is 1. The number of amides is 1. The molecule has 0 spiro atoms. The monoisotopic (exact) mass is 242 g/mol. The van der Waals surface area contributed by atoms with Crippen LogP contribution in [0.5, 0.6) is 5.75 Å². The molecule has 18 heavy (non-hydrogen) atoms. The van der Waals surface area contributed by atoms with Crippen molar-refractivity contribution in [2.24, 2.45) is 0 Å². The average molecular weight is 242 g/mol. The highest BCUT2D eigenvalue weighted by Crippen LogP contribution is 2.14. The zero-order valence-electron chi connectivity index (χ0n) is 10.3. The number of carbonyl (C=O) groups excluding carboxylic acids is 1. The lowest BCUT2D eigenvalue weighted by atomic mass is 10.2. The second kappa shape index (κ2) is 5.31. The van der Waals surface area contributed by atoms with Crippen LogP contribution in [0.2, 0.25) is 0 Å². The first-order valence-electron chi connectivity index (χ1n) is 5.58. The molecule has 0 saturated heterocycles. The van der Waals surface area contributed by atoms with E-state index in [0.29, 0.717) is 11.4 Å². The number of rotatable bonds is 3. The van der Waals surface area contributed by atoms with Crippen LogP contribution in [0.1, 0.15) is 15.9 Å². The van der Waals surface area contributed by atoms with Crippen molar-refractivity contribution in [2.45, 2.75) is 6.92 Å². The van der Waals surface area contributed by atoms with Gasteiger partial charge in [0.05, 0.1) is 7.11 Å². The van der Waals surface area contributed by atoms with Gasteiger partial charge >= 0.3 is 0 Å². The summed E-state index contributed by atoms with van der Waals surface area (Å²) in [4.78, 5) is 16.1. The third-order valence-electron chi connectivity index (χ3n) is 2.59. The molecule has 0 radical (unpaired) electrons. The Morgan fingerprint density at radius 3 is 2.56 bits per heavy atom. The standard InChI is InChI=1S/C14H14N2O2/c1-10-4-3-9-15-13(10)16-14(17)11-5-7-12(18-2)8-6-11/h3-9H,1-2H3,(H,15,16,17). The molecule has 1 N–H and O–H groups in total. The normalized spacial score (nSPS) is 9.89. The first kappa shape index (κ1) is 12.1. The number of nitrogens with one attached hydrogen (secondary N) is 1. The van der Waals surface area contributed by atoms with Gasteiger partial charge in [0.2, 0.25) is 0 Å². The molecule has 4 heteroatoms. The Kier molecular flexibility index (Phi) is 3.57. The van der Waals surface area contributed by atoms with Crippen molar-refractivity contribution in [3.63, 3.8) is 0 Å². The number of hydrogen-bond acceptors (Lipinski definition) is 3. The minimum Gasteiger partial charge on any atom is -0.497 e. The topological polar surface area (TPSA) is 51.2 Å². The van der Waals surface area contributed by atoms with E-state index in [4.69, 9.17) is 4.74 Å². The zero-order chi connectivity index (χ0) is 13.0. The van der Waals surface area contributed by atoms with Crippen molar-refractivity contribution >= 4 is 11.7 Å². The van der Waals surface area contributed by atoms with Gasteiger partial charge in [-0.25, -0.2) is 4.98 Å². The van der Waals surface area contributed by atoms with Crippen molar-refractivity contribution in [1.82, 2.24) is 4.98 Å². The van der Waals surface area contributed by atoms with E-state index >= 15 is 0 Å². The van der Waals surface area contributed by atoms with E-state index in [1.54, 1.807) is 37.6 Å². The van der Waals surface area contributed by atoms with E-state index in [0.717, 1.165) is 11.3 Å². The third kappa shape index (κ3) is 2.66. The average Bonchev–Trinajstić information content (AvgIpc) is 2.41. The lowest BCUT2D eigenvalue weighted by Crippen LogP contribution is -2.13. The Morgan fingerprint density at radius 1 is 1.22 bits per heavy atom. The molecule has 0 aliphatic carbocycles. The maximum absolute atomic E-state index is 12.0. The highest BCUT2D eigenvalue weighted by molar-refractivity contribution is 6.04. The molecule has 4 nitrogen and oxygen atoms in total. The fraction of sp³-hybridized carbons (Fsp3) is 0.143. The van der Waals surface area contributed by atoms with Crippen molar-refractivity contribution in [1.29, 1.82) is 0 Å². The van der Waals surface area contributed by atoms with Crippen molar-refractivity contribution in [3.8, 4) is 5.75 Å². The fourth-order valence-electron chi connectivity index (χ4n) is 1.54. The van der Waals surface area contributed by atoms with Crippen LogP contribution in [-0.2, 0) is 0 Å². The number of nitrogens with zero attached hydrogens (tertiary/aromatic N) is 1. The van der Waals surface area contributed by atoms with E-state index in [9.17, 15) is 4.79 Å². The molecule has 0 unspecified atom stereocenters. The SMILES string of the molecule is COc1ccc(C(=O)Nc2ncccc2C)cc1. The van der Waals surface area contributed by atoms with Crippen LogP contribution >= 0.6 is 0 Å². The summed E-state index contributed by atoms with van der Waals surface area (Å²) in [6, 6.07) is 10.7. The smallest absolute Gasteiger partial charge is 0.256 e. The summed E-state index contributed by atoms with van der Waals surface area (Å²) < 4.78 is 5.04. The molecule has 2 rings (SSSR count). The molecule has 0 fully saturated rings. The van der Waals surface area contributed by atoms with Gasteiger partial charge in [-0.3, -0.25) is 4.79 Å². The zero-order valence-corrected chi connectivity index (χ0v) is 10.3. The highest BCUT2D eigenvalue weighted by Gasteiger charge is 2.08. The summed E-state index contributed by atoms with van der Waals surface area (Å²) in [5, 5.41) is 2.77. The number of carbonyl (C=O) groups is 1. The van der Waals surface area contributed by atoms with E-state index < -0.39 is 0 Å². The van der Waals surface area contributed by atoms with Gasteiger partial charge < -0.3 is 10.1 Å². The maximum Gasteiger partial charge on any atom is 0.256 e. The van der Waals surface area contributed by atoms with Crippen LogP contribution < -0.4 is 10.1 Å². The molecule has 0 atom stereocenters. The van der Waals surface area contributed by atoms with Gasteiger partial charge in [-0.15, -0.1) is 0 Å². The lowest BCUT2D eigenvalue weighted by molar-refractivity contribution is 0.102. The Hall–Kier alpha value is -2.36. The quantitative estimate of drug-likeness (QED) is 0.900. The van der Waals surface area contributed by atoms with E-state index in [1.807, 2.05) is 19.1 Å². The summed E-state index contributed by atoms with van der Waals surface area (Å²) in [6.45, 7) is 1.90. The molecule has 0 aliphatic rings. The molecule has 0 saturated carbocycles. The molecule has 1 amide bonds. The van der Waals surface area contributed by atoms with Crippen LogP contribution in [0.25, 0.3) is 0 Å². The van der Waals surface area contributed by atoms with Crippen molar-refractivity contribution in [2.75, 3.05) is 12.4 Å². The number of methoxy groups -OCH3 is 1. The molecule has 0 bridgehead atoms. The number of benzene rings is 1. The third-order valence-corrected chi connectivity index (χ3v) is 2.59. The molecule has 92 valence electrons. The summed E-state index contributed by atoms with van der Waals surface area (Å²) in [6.07, 6.45) is 1.65. The van der Waals surface area contributed by atoms with E-state index in [1.165, 1.54) is 0 Å². The predicted molar refractivity (Wildman–Crippen MR) is 69.9 cm³/mol. The number of aromatic nitrogens is 1. The Morgan fingerprint density at radius 2 is 1.94 bits per heavy atom. The van der Waals surface area contributed by atoms with E-state index in [-0.39, 0.29) is 5.91 Å². The number of anilines is 1. The first-order chi connectivity index (χ1) is 8.70. The lowest BCUT2D eigenvalue weighted by Gasteiger charge is -2.07. The van der Waals surface area contributed by atoms with Crippen molar-refractivity contribution < 1.29 is 9.53 Å². The van der Waals surface area contributed by atoms with E-state index in [2.05, 4.69) is 10.3 Å². The highest BCUT2D eigenvalue weighted by atomic mass is 16.5. The van der Waals surface area contributed by atoms with Gasteiger partial charge in [0.15, 0.2) is 0 Å². The largest absolute Gasteiger partial charge is 0.497 e. The summed E-state index contributed by atoms with van der Waals surface area (Å²) in [5.41, 5.74) is 1.50. The second-order valence-corrected chi connectivity index (χ2v) is 3.85. The van der Waals surface area contributed by atoms with Gasteiger partial charge in [0, 0.05) is 11.8 Å². The predicted octanol–water partition coefficient (Wildman–Crippen LogP) is 2.65. The van der Waals surface area contributed by atoms with Crippen molar-refractivity contribution in [3.05, 3.63) is 53.7 Å². The second-order valence-electron chi connectivity index (χ2n) is 3.85. The molecule has 1 aromatic carbocycles. The first-order valence-corrected chi connectivity index (χ1v) is 5.58. The minimum atomic E-state index is -0.181. The number of hydrogen-bond donors (Lipinski definition) is 1. The van der Waals surface area contributed by atoms with Crippen LogP contribution in [0, 0.1) is 6.92 Å². The maximum atomic E-state index is 12.0. The van der Waals surface area contributed by atoms with Gasteiger partial charge in [0.25, 0.3) is 5.91 Å². The molecular weight excluding hydrogens is 228 g/mol. The molecule has 1 heterocycles. The van der Waals surface area contributed by atoms with Gasteiger partial charge in [-0.2, -0.15) is 0 Å². The van der Waals surface area contributed by atoms with Crippen LogP contribution in [0.15, 0.2) is 42.6 Å². The summed E-state index contributed by atoms with van der Waals surface area (Å²) in [7, 11) is 1.59. The Balaban J connectivity index is 2.14. The molecule has 2 aromatic rings. The number of pyridine rings is 1. The summed E-state index contributed by atoms with van der Waals surface area (Å²) >= 11 is 0. The van der Waals surface area contributed by atoms with Crippen LogP contribution in [0.3, 0.4) is 0 Å². The van der Waals surface area contributed by atoms with Crippen LogP contribution in [-0.4, -0.2) is 18.0 Å². The Labute approximate surface area is 106 Å². The Bertz CT molecular complexity index is 550. The minimum absolute atomic E-state index is 0.181. The molecule has 0 aliphatic heterocycles. The fourth-order valence-corrected chi connectivity index (χ4v) is 1.54. The molecule has 1 aromatic heterocycles.